The molecule has 0 unspecified atom stereocenters. The molecule has 4 rings (SSSR count). The van der Waals surface area contributed by atoms with Gasteiger partial charge in [0, 0.05) is 24.2 Å². The first-order valence-corrected chi connectivity index (χ1v) is 11.6. The summed E-state index contributed by atoms with van der Waals surface area (Å²) >= 11 is 0. The monoisotopic (exact) mass is 438 g/mol. The van der Waals surface area contributed by atoms with E-state index in [-0.39, 0.29) is 11.2 Å². The van der Waals surface area contributed by atoms with Gasteiger partial charge < -0.3 is 9.67 Å². The van der Waals surface area contributed by atoms with Crippen molar-refractivity contribution in [2.75, 3.05) is 0 Å². The van der Waals surface area contributed by atoms with Crippen LogP contribution in [0.2, 0.25) is 0 Å². The Bertz CT molecular complexity index is 1170. The van der Waals surface area contributed by atoms with Crippen LogP contribution in [-0.2, 0) is 18.5 Å². The van der Waals surface area contributed by atoms with Crippen LogP contribution in [0.4, 0.5) is 0 Å². The first-order chi connectivity index (χ1) is 15.3. The number of hydrogen-bond donors (Lipinski definition) is 1. The number of carbonyl (C=O) groups is 1. The lowest BCUT2D eigenvalue weighted by atomic mass is 9.97. The van der Waals surface area contributed by atoms with E-state index < -0.39 is 17.0 Å². The molecule has 0 atom stereocenters. The maximum Gasteiger partial charge on any atom is 0.252 e. The SMILES string of the molecule is CC.CCCc1ccc2c(C)cn(C3(Cn4cc(O)c(=O)c(C(C)=O)n4)CCCC3)c2n1. The van der Waals surface area contributed by atoms with Crippen LogP contribution in [0.5, 0.6) is 5.75 Å². The van der Waals surface area contributed by atoms with Gasteiger partial charge in [-0.15, -0.1) is 0 Å². The molecule has 0 amide bonds. The van der Waals surface area contributed by atoms with E-state index in [4.69, 9.17) is 4.98 Å². The highest BCUT2D eigenvalue weighted by molar-refractivity contribution is 5.92. The quantitative estimate of drug-likeness (QED) is 0.561. The molecule has 3 aromatic rings. The predicted molar refractivity (Wildman–Crippen MR) is 126 cm³/mol. The number of aromatic nitrogens is 4. The molecular weight excluding hydrogens is 404 g/mol. The number of nitrogens with zero attached hydrogens (tertiary/aromatic N) is 4. The van der Waals surface area contributed by atoms with Crippen molar-refractivity contribution in [3.05, 3.63) is 51.7 Å². The average molecular weight is 439 g/mol. The molecule has 1 aliphatic carbocycles. The third kappa shape index (κ3) is 4.33. The number of aromatic hydroxyl groups is 1. The van der Waals surface area contributed by atoms with Crippen molar-refractivity contribution in [2.45, 2.75) is 85.2 Å². The fourth-order valence-corrected chi connectivity index (χ4v) is 4.71. The average Bonchev–Trinajstić information content (AvgIpc) is 3.37. The van der Waals surface area contributed by atoms with Crippen molar-refractivity contribution in [3.8, 4) is 5.75 Å². The van der Waals surface area contributed by atoms with Crippen molar-refractivity contribution in [1.82, 2.24) is 19.3 Å². The molecule has 3 aromatic heterocycles. The van der Waals surface area contributed by atoms with E-state index in [9.17, 15) is 14.7 Å². The Morgan fingerprint density at radius 2 is 1.88 bits per heavy atom. The third-order valence-corrected chi connectivity index (χ3v) is 6.20. The second-order valence-corrected chi connectivity index (χ2v) is 8.48. The molecule has 7 nitrogen and oxygen atoms in total. The standard InChI is InChI=1S/C23H28N4O3.C2H6/c1-4-7-17-8-9-18-15(2)12-27(22(18)24-17)23(10-5-6-11-23)14-26-13-19(29)21(30)20(25-26)16(3)28;1-2/h8-9,12-13,29H,4-7,10-11,14H2,1-3H3;1-2H3. The normalized spacial score (nSPS) is 14.9. The highest BCUT2D eigenvalue weighted by atomic mass is 16.3. The van der Waals surface area contributed by atoms with Crippen molar-refractivity contribution >= 4 is 16.8 Å². The van der Waals surface area contributed by atoms with Crippen LogP contribution < -0.4 is 5.43 Å². The number of carbonyl (C=O) groups excluding carboxylic acids is 1. The van der Waals surface area contributed by atoms with Crippen LogP contribution in [0.25, 0.3) is 11.0 Å². The molecule has 1 N–H and O–H groups in total. The second-order valence-electron chi connectivity index (χ2n) is 8.48. The minimum Gasteiger partial charge on any atom is -0.503 e. The van der Waals surface area contributed by atoms with Crippen molar-refractivity contribution in [1.29, 1.82) is 0 Å². The number of aryl methyl sites for hydroxylation is 2. The lowest BCUT2D eigenvalue weighted by molar-refractivity contribution is 0.100. The van der Waals surface area contributed by atoms with Gasteiger partial charge in [-0.05, 0) is 43.9 Å². The lowest BCUT2D eigenvalue weighted by Gasteiger charge is -2.32. The van der Waals surface area contributed by atoms with Crippen LogP contribution in [0.1, 0.15) is 81.5 Å². The maximum atomic E-state index is 12.1. The van der Waals surface area contributed by atoms with E-state index in [1.54, 1.807) is 4.68 Å². The number of ketones is 1. The van der Waals surface area contributed by atoms with Crippen LogP contribution in [0.3, 0.4) is 0 Å². The molecule has 0 saturated heterocycles. The Hall–Kier alpha value is -2.96. The molecule has 1 fully saturated rings. The van der Waals surface area contributed by atoms with Gasteiger partial charge in [0.2, 0.25) is 0 Å². The van der Waals surface area contributed by atoms with Gasteiger partial charge >= 0.3 is 0 Å². The smallest absolute Gasteiger partial charge is 0.252 e. The Morgan fingerprint density at radius 3 is 2.50 bits per heavy atom. The number of pyridine rings is 1. The van der Waals surface area contributed by atoms with E-state index >= 15 is 0 Å². The Morgan fingerprint density at radius 1 is 1.19 bits per heavy atom. The zero-order valence-corrected chi connectivity index (χ0v) is 19.8. The topological polar surface area (TPSA) is 90.0 Å². The molecular formula is C25H34N4O3. The predicted octanol–water partition coefficient (Wildman–Crippen LogP) is 4.76. The van der Waals surface area contributed by atoms with Gasteiger partial charge in [0.25, 0.3) is 5.43 Å². The summed E-state index contributed by atoms with van der Waals surface area (Å²) in [6.07, 6.45) is 9.52. The Balaban J connectivity index is 0.00000141. The maximum absolute atomic E-state index is 12.1. The first-order valence-electron chi connectivity index (χ1n) is 11.6. The number of fused-ring (bicyclic) bond motifs is 1. The fraction of sp³-hybridized carbons (Fsp3) is 0.520. The van der Waals surface area contributed by atoms with E-state index in [0.717, 1.165) is 55.3 Å². The number of hydrogen-bond acceptors (Lipinski definition) is 5. The summed E-state index contributed by atoms with van der Waals surface area (Å²) in [5.41, 5.74) is 2.01. The molecule has 0 aromatic carbocycles. The highest BCUT2D eigenvalue weighted by Crippen LogP contribution is 2.41. The summed E-state index contributed by atoms with van der Waals surface area (Å²) in [6, 6.07) is 4.25. The zero-order valence-electron chi connectivity index (χ0n) is 19.8. The minimum absolute atomic E-state index is 0.222. The van der Waals surface area contributed by atoms with Crippen molar-refractivity contribution in [3.63, 3.8) is 0 Å². The van der Waals surface area contributed by atoms with Crippen LogP contribution in [0, 0.1) is 6.92 Å². The molecule has 1 aliphatic rings. The molecule has 0 aliphatic heterocycles. The van der Waals surface area contributed by atoms with E-state index in [1.807, 2.05) is 13.8 Å². The van der Waals surface area contributed by atoms with Crippen LogP contribution in [-0.4, -0.2) is 30.2 Å². The van der Waals surface area contributed by atoms with Crippen LogP contribution >= 0.6 is 0 Å². The van der Waals surface area contributed by atoms with Gasteiger partial charge in [0.15, 0.2) is 17.2 Å². The molecule has 0 spiro atoms. The van der Waals surface area contributed by atoms with E-state index in [0.29, 0.717) is 6.54 Å². The van der Waals surface area contributed by atoms with Gasteiger partial charge in [-0.1, -0.05) is 40.0 Å². The molecule has 7 heteroatoms. The Kier molecular flexibility index (Phi) is 7.16. The first kappa shape index (κ1) is 23.7. The second kappa shape index (κ2) is 9.67. The lowest BCUT2D eigenvalue weighted by Crippen LogP contribution is -2.36. The van der Waals surface area contributed by atoms with Gasteiger partial charge in [-0.2, -0.15) is 5.10 Å². The summed E-state index contributed by atoms with van der Waals surface area (Å²) in [7, 11) is 0. The van der Waals surface area contributed by atoms with Crippen molar-refractivity contribution < 1.29 is 9.90 Å². The van der Waals surface area contributed by atoms with Crippen molar-refractivity contribution in [2.24, 2.45) is 0 Å². The Labute approximate surface area is 189 Å². The molecule has 0 radical (unpaired) electrons. The summed E-state index contributed by atoms with van der Waals surface area (Å²) < 4.78 is 3.82. The fourth-order valence-electron chi connectivity index (χ4n) is 4.71. The van der Waals surface area contributed by atoms with Crippen LogP contribution in [0.15, 0.2) is 29.3 Å². The van der Waals surface area contributed by atoms with Gasteiger partial charge in [-0.3, -0.25) is 14.3 Å². The number of Topliss-reactive ketones (excluding diaryl/α,β-unsaturated/α-hetero) is 1. The summed E-state index contributed by atoms with van der Waals surface area (Å²) in [5.74, 6) is -0.890. The zero-order chi connectivity index (χ0) is 23.5. The van der Waals surface area contributed by atoms with E-state index in [2.05, 4.69) is 41.8 Å². The minimum atomic E-state index is -0.715. The number of rotatable bonds is 6. The summed E-state index contributed by atoms with van der Waals surface area (Å²) in [4.78, 5) is 28.9. The molecule has 1 saturated carbocycles. The molecule has 3 heterocycles. The highest BCUT2D eigenvalue weighted by Gasteiger charge is 2.38. The summed E-state index contributed by atoms with van der Waals surface area (Å²) in [5, 5.41) is 15.5. The molecule has 0 bridgehead atoms. The summed E-state index contributed by atoms with van der Waals surface area (Å²) in [6.45, 7) is 10.0. The van der Waals surface area contributed by atoms with Gasteiger partial charge in [-0.25, -0.2) is 4.98 Å². The third-order valence-electron chi connectivity index (χ3n) is 6.20. The van der Waals surface area contributed by atoms with Gasteiger partial charge in [0.1, 0.15) is 5.65 Å². The molecule has 172 valence electrons. The van der Waals surface area contributed by atoms with E-state index in [1.165, 1.54) is 18.7 Å². The van der Waals surface area contributed by atoms with Gasteiger partial charge in [0.05, 0.1) is 18.3 Å². The molecule has 32 heavy (non-hydrogen) atoms. The largest absolute Gasteiger partial charge is 0.503 e.